The number of hydrogen-bond acceptors (Lipinski definition) is 1. The van der Waals surface area contributed by atoms with E-state index in [-0.39, 0.29) is 0 Å². The summed E-state index contributed by atoms with van der Waals surface area (Å²) < 4.78 is 0. The molecule has 0 aromatic rings. The van der Waals surface area contributed by atoms with Crippen LogP contribution in [0.2, 0.25) is 0 Å². The maximum absolute atomic E-state index is 9.67. The summed E-state index contributed by atoms with van der Waals surface area (Å²) in [5.74, 6) is 2.55. The Hall–Kier alpha value is -0.770. The largest absolute Gasteiger partial charge is 0.291 e. The number of carbonyl (C=O) groups excluding carboxylic acids is 1. The molecule has 0 N–H and O–H groups in total. The first-order chi connectivity index (χ1) is 4.41. The zero-order valence-corrected chi connectivity index (χ0v) is 5.52. The molecule has 0 aromatic carbocycles. The van der Waals surface area contributed by atoms with E-state index >= 15 is 0 Å². The van der Waals surface area contributed by atoms with Gasteiger partial charge in [0.1, 0.15) is 0 Å². The van der Waals surface area contributed by atoms with Gasteiger partial charge in [0.25, 0.3) is 0 Å². The van der Waals surface area contributed by atoms with Crippen LogP contribution in [-0.4, -0.2) is 6.29 Å². The molecule has 1 radical (unpaired) electrons. The first-order valence-electron chi connectivity index (χ1n) is 3.20. The third-order valence-corrected chi connectivity index (χ3v) is 1.10. The fourth-order valence-corrected chi connectivity index (χ4v) is 0.601. The van der Waals surface area contributed by atoms with Crippen LogP contribution in [0.1, 0.15) is 32.1 Å². The molecule has 0 saturated heterocycles. The SMILES string of the molecule is C#CCCCCC[C]=O. The summed E-state index contributed by atoms with van der Waals surface area (Å²) in [5, 5.41) is 0. The van der Waals surface area contributed by atoms with Gasteiger partial charge in [-0.05, 0) is 12.8 Å². The van der Waals surface area contributed by atoms with Gasteiger partial charge in [0.05, 0.1) is 0 Å². The van der Waals surface area contributed by atoms with E-state index in [0.717, 1.165) is 25.7 Å². The van der Waals surface area contributed by atoms with E-state index in [0.29, 0.717) is 6.42 Å². The van der Waals surface area contributed by atoms with Crippen molar-refractivity contribution in [3.05, 3.63) is 0 Å². The zero-order valence-electron chi connectivity index (χ0n) is 5.52. The molecular weight excluding hydrogens is 112 g/mol. The third kappa shape index (κ3) is 7.23. The third-order valence-electron chi connectivity index (χ3n) is 1.10. The van der Waals surface area contributed by atoms with Gasteiger partial charge in [-0.15, -0.1) is 12.3 Å². The van der Waals surface area contributed by atoms with Gasteiger partial charge in [0.2, 0.25) is 0 Å². The van der Waals surface area contributed by atoms with Crippen LogP contribution in [0.4, 0.5) is 0 Å². The molecule has 0 atom stereocenters. The molecule has 0 amide bonds. The molecule has 0 bridgehead atoms. The molecule has 9 heavy (non-hydrogen) atoms. The number of terminal acetylenes is 1. The highest BCUT2D eigenvalue weighted by molar-refractivity contribution is 5.50. The van der Waals surface area contributed by atoms with Crippen molar-refractivity contribution in [2.75, 3.05) is 0 Å². The van der Waals surface area contributed by atoms with Gasteiger partial charge in [-0.3, -0.25) is 4.79 Å². The van der Waals surface area contributed by atoms with E-state index in [9.17, 15) is 4.79 Å². The lowest BCUT2D eigenvalue weighted by Gasteiger charge is -1.89. The Labute approximate surface area is 56.5 Å². The molecule has 49 valence electrons. The van der Waals surface area contributed by atoms with Gasteiger partial charge in [0.15, 0.2) is 6.29 Å². The van der Waals surface area contributed by atoms with Crippen LogP contribution in [-0.2, 0) is 4.79 Å². The van der Waals surface area contributed by atoms with E-state index in [4.69, 9.17) is 6.42 Å². The van der Waals surface area contributed by atoms with E-state index in [1.165, 1.54) is 0 Å². The van der Waals surface area contributed by atoms with E-state index in [1.807, 2.05) is 6.29 Å². The van der Waals surface area contributed by atoms with Crippen molar-refractivity contribution in [1.82, 2.24) is 0 Å². The summed E-state index contributed by atoms with van der Waals surface area (Å²) in [4.78, 5) is 9.67. The Morgan fingerprint density at radius 3 is 2.33 bits per heavy atom. The van der Waals surface area contributed by atoms with E-state index < -0.39 is 0 Å². The second-order valence-electron chi connectivity index (χ2n) is 1.91. The molecule has 0 unspecified atom stereocenters. The van der Waals surface area contributed by atoms with Crippen molar-refractivity contribution < 1.29 is 4.79 Å². The lowest BCUT2D eigenvalue weighted by molar-refractivity contribution is 0.545. The molecule has 0 aromatic heterocycles. The summed E-state index contributed by atoms with van der Waals surface area (Å²) in [6.07, 6.45) is 11.3. The predicted octanol–water partition coefficient (Wildman–Crippen LogP) is 1.68. The maximum atomic E-state index is 9.67. The van der Waals surface area contributed by atoms with Crippen LogP contribution in [0.3, 0.4) is 0 Å². The van der Waals surface area contributed by atoms with E-state index in [1.54, 1.807) is 0 Å². The fourth-order valence-electron chi connectivity index (χ4n) is 0.601. The summed E-state index contributed by atoms with van der Waals surface area (Å²) in [7, 11) is 0. The van der Waals surface area contributed by atoms with Gasteiger partial charge >= 0.3 is 0 Å². The van der Waals surface area contributed by atoms with Crippen molar-refractivity contribution in [1.29, 1.82) is 0 Å². The molecule has 0 heterocycles. The smallest absolute Gasteiger partial charge is 0.198 e. The number of hydrogen-bond donors (Lipinski definition) is 0. The molecule has 0 aliphatic rings. The second kappa shape index (κ2) is 7.23. The van der Waals surface area contributed by atoms with Crippen molar-refractivity contribution >= 4 is 6.29 Å². The van der Waals surface area contributed by atoms with Crippen LogP contribution >= 0.6 is 0 Å². The van der Waals surface area contributed by atoms with Crippen molar-refractivity contribution in [3.8, 4) is 12.3 Å². The van der Waals surface area contributed by atoms with E-state index in [2.05, 4.69) is 5.92 Å². The van der Waals surface area contributed by atoms with Crippen LogP contribution in [0.5, 0.6) is 0 Å². The maximum Gasteiger partial charge on any atom is 0.198 e. The number of unbranched alkanes of at least 4 members (excludes halogenated alkanes) is 4. The molecule has 1 nitrogen and oxygen atoms in total. The minimum atomic E-state index is 0.560. The monoisotopic (exact) mass is 123 g/mol. The van der Waals surface area contributed by atoms with Gasteiger partial charge in [-0.25, -0.2) is 0 Å². The summed E-state index contributed by atoms with van der Waals surface area (Å²) >= 11 is 0. The normalized spacial score (nSPS) is 8.33. The highest BCUT2D eigenvalue weighted by atomic mass is 16.1. The molecule has 0 spiro atoms. The Morgan fingerprint density at radius 1 is 1.11 bits per heavy atom. The Balaban J connectivity index is 2.76. The number of rotatable bonds is 5. The van der Waals surface area contributed by atoms with Gasteiger partial charge < -0.3 is 0 Å². The average Bonchev–Trinajstić information content (AvgIpc) is 1.89. The Morgan fingerprint density at radius 2 is 1.78 bits per heavy atom. The minimum absolute atomic E-state index is 0.560. The highest BCUT2D eigenvalue weighted by Crippen LogP contribution is 1.99. The quantitative estimate of drug-likeness (QED) is 0.401. The molecule has 0 aliphatic carbocycles. The fraction of sp³-hybridized carbons (Fsp3) is 0.625. The minimum Gasteiger partial charge on any atom is -0.291 e. The molecule has 0 fully saturated rings. The van der Waals surface area contributed by atoms with Crippen LogP contribution in [0, 0.1) is 12.3 Å². The first kappa shape index (κ1) is 8.23. The summed E-state index contributed by atoms with van der Waals surface area (Å²) in [6, 6.07) is 0. The molecule has 1 heteroatoms. The Bertz CT molecular complexity index is 99.6. The van der Waals surface area contributed by atoms with Gasteiger partial charge in [-0.2, -0.15) is 0 Å². The molecule has 0 aliphatic heterocycles. The standard InChI is InChI=1S/C8H11O/c1-2-3-4-5-6-7-8-9/h1H,3-7H2. The lowest BCUT2D eigenvalue weighted by Crippen LogP contribution is -1.77. The predicted molar refractivity (Wildman–Crippen MR) is 37.6 cm³/mol. The van der Waals surface area contributed by atoms with Gasteiger partial charge in [0, 0.05) is 12.8 Å². The van der Waals surface area contributed by atoms with Crippen LogP contribution in [0.25, 0.3) is 0 Å². The van der Waals surface area contributed by atoms with Crippen LogP contribution < -0.4 is 0 Å². The Kier molecular flexibility index (Phi) is 6.61. The molecular formula is C8H11O. The summed E-state index contributed by atoms with van der Waals surface area (Å²) in [5.41, 5.74) is 0. The van der Waals surface area contributed by atoms with Crippen LogP contribution in [0.15, 0.2) is 0 Å². The highest BCUT2D eigenvalue weighted by Gasteiger charge is 1.85. The van der Waals surface area contributed by atoms with Crippen molar-refractivity contribution in [3.63, 3.8) is 0 Å². The molecule has 0 saturated carbocycles. The van der Waals surface area contributed by atoms with Crippen molar-refractivity contribution in [2.45, 2.75) is 32.1 Å². The van der Waals surface area contributed by atoms with Gasteiger partial charge in [-0.1, -0.05) is 6.42 Å². The average molecular weight is 123 g/mol. The lowest BCUT2D eigenvalue weighted by atomic mass is 10.2. The molecule has 0 rings (SSSR count). The second-order valence-corrected chi connectivity index (χ2v) is 1.91. The topological polar surface area (TPSA) is 17.1 Å². The first-order valence-corrected chi connectivity index (χ1v) is 3.20. The zero-order chi connectivity index (χ0) is 6.95. The van der Waals surface area contributed by atoms with Crippen molar-refractivity contribution in [2.24, 2.45) is 0 Å². The summed E-state index contributed by atoms with van der Waals surface area (Å²) in [6.45, 7) is 0.